The fraction of sp³-hybridized carbons (Fsp3) is 0.217. The third-order valence-corrected chi connectivity index (χ3v) is 6.40. The van der Waals surface area contributed by atoms with Crippen molar-refractivity contribution in [3.8, 4) is 16.9 Å². The number of hydrogen-bond donors (Lipinski definition) is 0. The Morgan fingerprint density at radius 3 is 2.38 bits per heavy atom. The molecule has 1 heterocycles. The van der Waals surface area contributed by atoms with Gasteiger partial charge >= 0.3 is 6.18 Å². The Labute approximate surface area is 182 Å². The Balaban J connectivity index is 1.62. The van der Waals surface area contributed by atoms with Crippen LogP contribution in [0, 0.1) is 12.7 Å². The highest BCUT2D eigenvalue weighted by Crippen LogP contribution is 2.44. The van der Waals surface area contributed by atoms with Crippen LogP contribution in [0.15, 0.2) is 65.6 Å². The minimum Gasteiger partial charge on any atom is -0.487 e. The summed E-state index contributed by atoms with van der Waals surface area (Å²) < 4.78 is 90.3. The van der Waals surface area contributed by atoms with Crippen LogP contribution in [0.1, 0.15) is 16.7 Å². The molecule has 4 nitrogen and oxygen atoms in total. The normalized spacial score (nSPS) is 16.0. The van der Waals surface area contributed by atoms with E-state index in [0.29, 0.717) is 0 Å². The molecule has 0 radical (unpaired) electrons. The van der Waals surface area contributed by atoms with Gasteiger partial charge in [0.05, 0.1) is 10.5 Å². The van der Waals surface area contributed by atoms with E-state index in [0.717, 1.165) is 23.8 Å². The molecule has 168 valence electrons. The van der Waals surface area contributed by atoms with Crippen LogP contribution in [0.2, 0.25) is 0 Å². The van der Waals surface area contributed by atoms with Crippen LogP contribution in [0.5, 0.6) is 5.75 Å². The fourth-order valence-electron chi connectivity index (χ4n) is 3.51. The van der Waals surface area contributed by atoms with Crippen LogP contribution in [0.4, 0.5) is 17.6 Å². The molecule has 9 heteroatoms. The molecule has 0 amide bonds. The maximum absolute atomic E-state index is 14.3. The summed E-state index contributed by atoms with van der Waals surface area (Å²) in [6.45, 7) is 1.41. The van der Waals surface area contributed by atoms with Crippen LogP contribution in [-0.4, -0.2) is 21.1 Å². The zero-order valence-electron chi connectivity index (χ0n) is 16.8. The summed E-state index contributed by atoms with van der Waals surface area (Å²) in [6.07, 6.45) is -5.50. The predicted octanol–water partition coefficient (Wildman–Crippen LogP) is 5.53. The van der Waals surface area contributed by atoms with Crippen LogP contribution >= 0.6 is 0 Å². The molecule has 0 aromatic heterocycles. The van der Waals surface area contributed by atoms with Crippen molar-refractivity contribution in [3.05, 3.63) is 83.2 Å². The maximum Gasteiger partial charge on any atom is 0.416 e. The molecule has 4 rings (SSSR count). The van der Waals surface area contributed by atoms with E-state index in [2.05, 4.69) is 0 Å². The van der Waals surface area contributed by atoms with E-state index in [9.17, 15) is 26.0 Å². The van der Waals surface area contributed by atoms with Crippen LogP contribution in [0.3, 0.4) is 0 Å². The Morgan fingerprint density at radius 1 is 1.03 bits per heavy atom. The molecule has 1 unspecified atom stereocenters. The fourth-order valence-corrected chi connectivity index (χ4v) is 4.44. The second kappa shape index (κ2) is 8.22. The smallest absolute Gasteiger partial charge is 0.416 e. The lowest BCUT2D eigenvalue weighted by Gasteiger charge is -2.15. The van der Waals surface area contributed by atoms with Gasteiger partial charge in [-0.1, -0.05) is 35.9 Å². The third kappa shape index (κ3) is 4.49. The van der Waals surface area contributed by atoms with Gasteiger partial charge in [0.15, 0.2) is 0 Å². The number of fused-ring (bicyclic) bond motifs is 1. The van der Waals surface area contributed by atoms with Gasteiger partial charge in [0.2, 0.25) is 0 Å². The molecule has 0 saturated carbocycles. The van der Waals surface area contributed by atoms with Crippen molar-refractivity contribution in [2.24, 2.45) is 0 Å². The Hall–Kier alpha value is -2.91. The summed E-state index contributed by atoms with van der Waals surface area (Å²) in [5, 5.41) is 0. The number of ether oxygens (including phenoxy) is 1. The van der Waals surface area contributed by atoms with E-state index in [-0.39, 0.29) is 33.8 Å². The van der Waals surface area contributed by atoms with Gasteiger partial charge in [0.1, 0.15) is 24.3 Å². The first-order valence-electron chi connectivity index (χ1n) is 9.66. The van der Waals surface area contributed by atoms with Gasteiger partial charge < -0.3 is 4.74 Å². The van der Waals surface area contributed by atoms with Crippen molar-refractivity contribution >= 4 is 10.1 Å². The average molecular weight is 466 g/mol. The zero-order chi connectivity index (χ0) is 23.1. The predicted molar refractivity (Wildman–Crippen MR) is 109 cm³/mol. The van der Waals surface area contributed by atoms with E-state index < -0.39 is 40.4 Å². The highest BCUT2D eigenvalue weighted by molar-refractivity contribution is 7.86. The van der Waals surface area contributed by atoms with Gasteiger partial charge in [-0.2, -0.15) is 21.6 Å². The molecule has 1 aliphatic heterocycles. The zero-order valence-corrected chi connectivity index (χ0v) is 17.6. The quantitative estimate of drug-likeness (QED) is 0.367. The molecule has 1 aliphatic rings. The minimum atomic E-state index is -4.64. The molecule has 0 spiro atoms. The van der Waals surface area contributed by atoms with Gasteiger partial charge in [0, 0.05) is 17.5 Å². The first kappa shape index (κ1) is 22.3. The third-order valence-electron chi connectivity index (χ3n) is 5.11. The Morgan fingerprint density at radius 2 is 1.72 bits per heavy atom. The van der Waals surface area contributed by atoms with Gasteiger partial charge in [-0.3, -0.25) is 4.18 Å². The number of halogens is 4. The maximum atomic E-state index is 14.3. The lowest BCUT2D eigenvalue weighted by atomic mass is 9.97. The standard InChI is InChI=1S/C23H18F4O4S/c1-14-6-8-18(9-7-14)32(28,29)30-13-17-11-15-10-16(23(25,26)27)12-20(22(15)31-17)19-4-2-3-5-21(19)24/h2-10,12,17H,11,13H2,1H3. The van der Waals surface area contributed by atoms with Gasteiger partial charge in [-0.15, -0.1) is 0 Å². The van der Waals surface area contributed by atoms with Crippen molar-refractivity contribution in [1.82, 2.24) is 0 Å². The molecule has 0 saturated heterocycles. The molecule has 3 aromatic rings. The molecular formula is C23H18F4O4S. The summed E-state index contributed by atoms with van der Waals surface area (Å²) in [5.41, 5.74) is 0.0616. The van der Waals surface area contributed by atoms with Gasteiger partial charge in [-0.05, 0) is 42.8 Å². The molecule has 32 heavy (non-hydrogen) atoms. The van der Waals surface area contributed by atoms with Crippen molar-refractivity contribution in [2.75, 3.05) is 6.61 Å². The molecule has 0 fully saturated rings. The summed E-state index contributed by atoms with van der Waals surface area (Å²) in [5.74, 6) is -0.608. The highest BCUT2D eigenvalue weighted by Gasteiger charge is 2.36. The van der Waals surface area contributed by atoms with Gasteiger partial charge in [0.25, 0.3) is 10.1 Å². The van der Waals surface area contributed by atoms with Crippen LogP contribution < -0.4 is 4.74 Å². The molecular weight excluding hydrogens is 448 g/mol. The van der Waals surface area contributed by atoms with Crippen LogP contribution in [-0.2, 0) is 26.9 Å². The number of aryl methyl sites for hydroxylation is 1. The summed E-state index contributed by atoms with van der Waals surface area (Å²) in [4.78, 5) is -0.0370. The lowest BCUT2D eigenvalue weighted by Crippen LogP contribution is -2.23. The largest absolute Gasteiger partial charge is 0.487 e. The summed E-state index contributed by atoms with van der Waals surface area (Å²) >= 11 is 0. The second-order valence-corrected chi connectivity index (χ2v) is 9.10. The van der Waals surface area contributed by atoms with Gasteiger partial charge in [-0.25, -0.2) is 4.39 Å². The summed E-state index contributed by atoms with van der Waals surface area (Å²) in [6, 6.07) is 13.3. The molecule has 1 atom stereocenters. The summed E-state index contributed by atoms with van der Waals surface area (Å²) in [7, 11) is -4.07. The lowest BCUT2D eigenvalue weighted by molar-refractivity contribution is -0.137. The SMILES string of the molecule is Cc1ccc(S(=O)(=O)OCC2Cc3cc(C(F)(F)F)cc(-c4ccccc4F)c3O2)cc1. The molecule has 0 aliphatic carbocycles. The first-order chi connectivity index (χ1) is 15.0. The number of benzene rings is 3. The number of hydrogen-bond acceptors (Lipinski definition) is 4. The Bertz CT molecular complexity index is 1250. The second-order valence-electron chi connectivity index (χ2n) is 7.49. The molecule has 0 N–H and O–H groups in total. The minimum absolute atomic E-state index is 0.00980. The number of alkyl halides is 3. The highest BCUT2D eigenvalue weighted by atomic mass is 32.2. The van der Waals surface area contributed by atoms with Crippen molar-refractivity contribution in [2.45, 2.75) is 30.5 Å². The molecule has 3 aromatic carbocycles. The van der Waals surface area contributed by atoms with E-state index >= 15 is 0 Å². The Kier molecular flexibility index (Phi) is 5.72. The van der Waals surface area contributed by atoms with E-state index in [1.54, 1.807) is 12.1 Å². The van der Waals surface area contributed by atoms with E-state index in [1.807, 2.05) is 6.92 Å². The van der Waals surface area contributed by atoms with Crippen molar-refractivity contribution in [1.29, 1.82) is 0 Å². The van der Waals surface area contributed by atoms with Crippen molar-refractivity contribution < 1.29 is 34.9 Å². The monoisotopic (exact) mass is 466 g/mol. The topological polar surface area (TPSA) is 52.6 Å². The number of rotatable bonds is 5. The van der Waals surface area contributed by atoms with E-state index in [4.69, 9.17) is 8.92 Å². The van der Waals surface area contributed by atoms with Crippen molar-refractivity contribution in [3.63, 3.8) is 0 Å². The first-order valence-corrected chi connectivity index (χ1v) is 11.1. The average Bonchev–Trinajstić information content (AvgIpc) is 3.15. The van der Waals surface area contributed by atoms with Crippen LogP contribution in [0.25, 0.3) is 11.1 Å². The van der Waals surface area contributed by atoms with E-state index in [1.165, 1.54) is 30.3 Å². The molecule has 0 bridgehead atoms.